The molecule has 158 valence electrons. The fourth-order valence-electron chi connectivity index (χ4n) is 3.58. The quantitative estimate of drug-likeness (QED) is 0.402. The summed E-state index contributed by atoms with van der Waals surface area (Å²) < 4.78 is 1.67. The first-order chi connectivity index (χ1) is 14.6. The molecule has 2 aromatic rings. The third-order valence-electron chi connectivity index (χ3n) is 5.37. The minimum Gasteiger partial charge on any atom is -0.335 e. The Kier molecular flexibility index (Phi) is 6.52. The Hall–Kier alpha value is -2.61. The molecule has 1 aromatic carbocycles. The molecule has 1 aromatic heterocycles. The van der Waals surface area contributed by atoms with E-state index in [1.165, 1.54) is 30.2 Å². The van der Waals surface area contributed by atoms with Gasteiger partial charge in [0.2, 0.25) is 5.91 Å². The molecule has 0 radical (unpaired) electrons. The molecule has 4 rings (SSSR count). The van der Waals surface area contributed by atoms with E-state index in [0.29, 0.717) is 22.6 Å². The number of rotatable bonds is 7. The van der Waals surface area contributed by atoms with Gasteiger partial charge in [-0.3, -0.25) is 19.5 Å². The Bertz CT molecular complexity index is 1040. The predicted octanol–water partition coefficient (Wildman–Crippen LogP) is 3.37. The standard InChI is InChI=1S/C22H26N4O3S/c27-19(25-21(29)23-16-10-11-16)14-30-22-24-18-9-5-4-8-17(18)20(28)26(22)13-12-15-6-2-1-3-7-15/h4-6,8-9,16H,1-3,7,10-14H2,(H2,23,25,27,29). The number of carbonyl (C=O) groups is 2. The minimum atomic E-state index is -0.462. The third kappa shape index (κ3) is 5.30. The van der Waals surface area contributed by atoms with Crippen molar-refractivity contribution < 1.29 is 9.59 Å². The van der Waals surface area contributed by atoms with Crippen LogP contribution in [0, 0.1) is 0 Å². The summed E-state index contributed by atoms with van der Waals surface area (Å²) in [6.07, 6.45) is 9.61. The molecule has 0 spiro atoms. The maximum atomic E-state index is 13.1. The summed E-state index contributed by atoms with van der Waals surface area (Å²) in [4.78, 5) is 41.7. The van der Waals surface area contributed by atoms with Crippen LogP contribution in [-0.2, 0) is 11.3 Å². The second kappa shape index (κ2) is 9.47. The number of amides is 3. The number of carbonyl (C=O) groups excluding carboxylic acids is 2. The Labute approximate surface area is 179 Å². The molecular formula is C22H26N4O3S. The van der Waals surface area contributed by atoms with Crippen molar-refractivity contribution in [1.29, 1.82) is 0 Å². The van der Waals surface area contributed by atoms with Gasteiger partial charge in [0.15, 0.2) is 5.16 Å². The van der Waals surface area contributed by atoms with Gasteiger partial charge in [0, 0.05) is 12.6 Å². The Morgan fingerprint density at radius 1 is 1.20 bits per heavy atom. The maximum Gasteiger partial charge on any atom is 0.321 e. The van der Waals surface area contributed by atoms with E-state index in [9.17, 15) is 14.4 Å². The van der Waals surface area contributed by atoms with Crippen LogP contribution in [-0.4, -0.2) is 33.3 Å². The number of hydrogen-bond acceptors (Lipinski definition) is 5. The molecule has 7 nitrogen and oxygen atoms in total. The lowest BCUT2D eigenvalue weighted by molar-refractivity contribution is -0.117. The summed E-state index contributed by atoms with van der Waals surface area (Å²) in [7, 11) is 0. The fraction of sp³-hybridized carbons (Fsp3) is 0.455. The summed E-state index contributed by atoms with van der Waals surface area (Å²) in [6, 6.07) is 6.98. The number of fused-ring (bicyclic) bond motifs is 1. The van der Waals surface area contributed by atoms with E-state index in [-0.39, 0.29) is 17.4 Å². The highest BCUT2D eigenvalue weighted by Crippen LogP contribution is 2.23. The minimum absolute atomic E-state index is 0.0194. The first-order valence-electron chi connectivity index (χ1n) is 10.5. The summed E-state index contributed by atoms with van der Waals surface area (Å²) in [6.45, 7) is 0.536. The number of para-hydroxylation sites is 1. The topological polar surface area (TPSA) is 93.1 Å². The van der Waals surface area contributed by atoms with E-state index in [2.05, 4.69) is 21.7 Å². The molecule has 8 heteroatoms. The van der Waals surface area contributed by atoms with Gasteiger partial charge in [-0.15, -0.1) is 0 Å². The highest BCUT2D eigenvalue weighted by molar-refractivity contribution is 7.99. The van der Waals surface area contributed by atoms with E-state index in [0.717, 1.165) is 32.1 Å². The first-order valence-corrected chi connectivity index (χ1v) is 11.5. The first kappa shape index (κ1) is 20.7. The number of aromatic nitrogens is 2. The normalized spacial score (nSPS) is 16.2. The van der Waals surface area contributed by atoms with Crippen LogP contribution in [0.2, 0.25) is 0 Å². The fourth-order valence-corrected chi connectivity index (χ4v) is 4.41. The predicted molar refractivity (Wildman–Crippen MR) is 118 cm³/mol. The number of allylic oxidation sites excluding steroid dienone is 2. The zero-order valence-corrected chi connectivity index (χ0v) is 17.7. The lowest BCUT2D eigenvalue weighted by Crippen LogP contribution is -2.41. The number of hydrogen-bond donors (Lipinski definition) is 2. The van der Waals surface area contributed by atoms with Gasteiger partial charge in [-0.1, -0.05) is 35.5 Å². The number of urea groups is 1. The highest BCUT2D eigenvalue weighted by Gasteiger charge is 2.24. The Balaban J connectivity index is 1.49. The van der Waals surface area contributed by atoms with Gasteiger partial charge in [0.1, 0.15) is 0 Å². The third-order valence-corrected chi connectivity index (χ3v) is 6.34. The van der Waals surface area contributed by atoms with Gasteiger partial charge in [0.25, 0.3) is 5.56 Å². The Morgan fingerprint density at radius 2 is 2.03 bits per heavy atom. The lowest BCUT2D eigenvalue weighted by atomic mass is 9.97. The zero-order valence-electron chi connectivity index (χ0n) is 16.9. The average molecular weight is 427 g/mol. The van der Waals surface area contributed by atoms with E-state index in [1.807, 2.05) is 12.1 Å². The van der Waals surface area contributed by atoms with Crippen LogP contribution in [0.3, 0.4) is 0 Å². The molecule has 2 aliphatic carbocycles. The second-order valence-electron chi connectivity index (χ2n) is 7.81. The molecule has 2 aliphatic rings. The summed E-state index contributed by atoms with van der Waals surface area (Å²) in [5, 5.41) is 6.15. The number of nitrogens with one attached hydrogen (secondary N) is 2. The van der Waals surface area contributed by atoms with Crippen molar-refractivity contribution in [2.24, 2.45) is 0 Å². The smallest absolute Gasteiger partial charge is 0.321 e. The lowest BCUT2D eigenvalue weighted by Gasteiger charge is -2.16. The molecule has 30 heavy (non-hydrogen) atoms. The van der Waals surface area contributed by atoms with Crippen LogP contribution < -0.4 is 16.2 Å². The molecule has 2 N–H and O–H groups in total. The number of imide groups is 1. The van der Waals surface area contributed by atoms with E-state index >= 15 is 0 Å². The van der Waals surface area contributed by atoms with Crippen LogP contribution in [0.15, 0.2) is 45.9 Å². The van der Waals surface area contributed by atoms with Crippen molar-refractivity contribution in [3.05, 3.63) is 46.3 Å². The van der Waals surface area contributed by atoms with Crippen molar-refractivity contribution in [2.45, 2.75) is 62.7 Å². The molecule has 3 amide bonds. The summed E-state index contributed by atoms with van der Waals surface area (Å²) >= 11 is 1.19. The number of thioether (sulfide) groups is 1. The molecule has 1 fully saturated rings. The number of nitrogens with zero attached hydrogens (tertiary/aromatic N) is 2. The van der Waals surface area contributed by atoms with Gasteiger partial charge in [-0.2, -0.15) is 0 Å². The molecule has 0 atom stereocenters. The molecule has 0 saturated heterocycles. The van der Waals surface area contributed by atoms with Gasteiger partial charge >= 0.3 is 6.03 Å². The maximum absolute atomic E-state index is 13.1. The van der Waals surface area contributed by atoms with Crippen molar-refractivity contribution in [2.75, 3.05) is 5.75 Å². The van der Waals surface area contributed by atoms with Gasteiger partial charge in [0.05, 0.1) is 16.7 Å². The SMILES string of the molecule is O=C(CSc1nc2ccccc2c(=O)n1CCC1=CCCCC1)NC(=O)NC1CC1. The van der Waals surface area contributed by atoms with Crippen LogP contribution >= 0.6 is 11.8 Å². The molecule has 0 bridgehead atoms. The summed E-state index contributed by atoms with van der Waals surface area (Å²) in [5.74, 6) is -0.381. The van der Waals surface area contributed by atoms with Gasteiger partial charge in [-0.05, 0) is 57.1 Å². The molecular weight excluding hydrogens is 400 g/mol. The van der Waals surface area contributed by atoms with Crippen molar-refractivity contribution in [3.63, 3.8) is 0 Å². The largest absolute Gasteiger partial charge is 0.335 e. The van der Waals surface area contributed by atoms with E-state index < -0.39 is 11.9 Å². The zero-order chi connectivity index (χ0) is 20.9. The average Bonchev–Trinajstić information content (AvgIpc) is 3.56. The van der Waals surface area contributed by atoms with Gasteiger partial charge in [-0.25, -0.2) is 9.78 Å². The van der Waals surface area contributed by atoms with Crippen LogP contribution in [0.4, 0.5) is 4.79 Å². The second-order valence-corrected chi connectivity index (χ2v) is 8.75. The van der Waals surface area contributed by atoms with Crippen LogP contribution in [0.1, 0.15) is 44.9 Å². The van der Waals surface area contributed by atoms with E-state index in [1.54, 1.807) is 16.7 Å². The number of benzene rings is 1. The van der Waals surface area contributed by atoms with Crippen molar-refractivity contribution in [1.82, 2.24) is 20.2 Å². The Morgan fingerprint density at radius 3 is 2.80 bits per heavy atom. The molecule has 0 unspecified atom stereocenters. The molecule has 1 saturated carbocycles. The van der Waals surface area contributed by atoms with E-state index in [4.69, 9.17) is 0 Å². The highest BCUT2D eigenvalue weighted by atomic mass is 32.2. The van der Waals surface area contributed by atoms with Crippen LogP contribution in [0.5, 0.6) is 0 Å². The van der Waals surface area contributed by atoms with Gasteiger partial charge < -0.3 is 5.32 Å². The summed E-state index contributed by atoms with van der Waals surface area (Å²) in [5.41, 5.74) is 1.91. The van der Waals surface area contributed by atoms with Crippen molar-refractivity contribution in [3.8, 4) is 0 Å². The molecule has 0 aliphatic heterocycles. The molecule has 1 heterocycles. The monoisotopic (exact) mass is 426 g/mol. The van der Waals surface area contributed by atoms with Crippen molar-refractivity contribution >= 4 is 34.6 Å². The van der Waals surface area contributed by atoms with Crippen LogP contribution in [0.25, 0.3) is 10.9 Å².